The summed E-state index contributed by atoms with van der Waals surface area (Å²) in [6, 6.07) is 7.98. The number of aryl methyl sites for hydroxylation is 1. The molecule has 2 aromatic rings. The highest BCUT2D eigenvalue weighted by molar-refractivity contribution is 7.92. The standard InChI is InChI=1S/C13H14ClN3O2S/c1-9-2-4-11(8-16-9)17-20(18,19)13-5-3-10(7-15)6-12(13)14/h2-6,8,17H,7,15H2,1H3. The van der Waals surface area contributed by atoms with Gasteiger partial charge in [0.25, 0.3) is 10.0 Å². The molecule has 0 aliphatic heterocycles. The molecule has 0 radical (unpaired) electrons. The second kappa shape index (κ2) is 5.78. The molecule has 1 aromatic heterocycles. The van der Waals surface area contributed by atoms with Crippen molar-refractivity contribution < 1.29 is 8.42 Å². The van der Waals surface area contributed by atoms with E-state index in [1.165, 1.54) is 12.3 Å². The van der Waals surface area contributed by atoms with Gasteiger partial charge >= 0.3 is 0 Å². The second-order valence-corrected chi connectivity index (χ2v) is 6.32. The molecule has 3 N–H and O–H groups in total. The van der Waals surface area contributed by atoms with Crippen LogP contribution >= 0.6 is 11.6 Å². The fraction of sp³-hybridized carbons (Fsp3) is 0.154. The number of anilines is 1. The van der Waals surface area contributed by atoms with Crippen LogP contribution in [0.3, 0.4) is 0 Å². The lowest BCUT2D eigenvalue weighted by Gasteiger charge is -2.10. The Bertz CT molecular complexity index is 715. The molecule has 5 nitrogen and oxygen atoms in total. The van der Waals surface area contributed by atoms with Gasteiger partial charge in [0.2, 0.25) is 0 Å². The van der Waals surface area contributed by atoms with E-state index in [-0.39, 0.29) is 9.92 Å². The summed E-state index contributed by atoms with van der Waals surface area (Å²) in [5.41, 5.74) is 7.44. The van der Waals surface area contributed by atoms with E-state index in [2.05, 4.69) is 9.71 Å². The molecule has 0 aliphatic rings. The summed E-state index contributed by atoms with van der Waals surface area (Å²) in [4.78, 5) is 4.04. The van der Waals surface area contributed by atoms with E-state index < -0.39 is 10.0 Å². The Morgan fingerprint density at radius 3 is 2.60 bits per heavy atom. The first-order valence-electron chi connectivity index (χ1n) is 5.86. The minimum Gasteiger partial charge on any atom is -0.326 e. The number of hydrogen-bond acceptors (Lipinski definition) is 4. The first-order chi connectivity index (χ1) is 9.42. The van der Waals surface area contributed by atoms with Crippen LogP contribution in [-0.2, 0) is 16.6 Å². The van der Waals surface area contributed by atoms with Crippen LogP contribution in [0, 0.1) is 6.92 Å². The molecule has 7 heteroatoms. The van der Waals surface area contributed by atoms with Gasteiger partial charge in [0.15, 0.2) is 0 Å². The minimum atomic E-state index is -3.74. The van der Waals surface area contributed by atoms with E-state index in [0.717, 1.165) is 11.3 Å². The van der Waals surface area contributed by atoms with E-state index in [9.17, 15) is 8.42 Å². The number of hydrogen-bond donors (Lipinski definition) is 2. The van der Waals surface area contributed by atoms with E-state index in [0.29, 0.717) is 12.2 Å². The van der Waals surface area contributed by atoms with Crippen molar-refractivity contribution in [1.82, 2.24) is 4.98 Å². The molecule has 0 fully saturated rings. The lowest BCUT2D eigenvalue weighted by atomic mass is 10.2. The average molecular weight is 312 g/mol. The van der Waals surface area contributed by atoms with Crippen LogP contribution in [0.4, 0.5) is 5.69 Å². The third kappa shape index (κ3) is 3.27. The van der Waals surface area contributed by atoms with Crippen LogP contribution in [0.15, 0.2) is 41.4 Å². The van der Waals surface area contributed by atoms with Crippen LogP contribution in [0.25, 0.3) is 0 Å². The minimum absolute atomic E-state index is 0.0111. The van der Waals surface area contributed by atoms with Crippen molar-refractivity contribution in [2.45, 2.75) is 18.4 Å². The maximum Gasteiger partial charge on any atom is 0.263 e. The summed E-state index contributed by atoms with van der Waals surface area (Å²) in [7, 11) is -3.74. The van der Waals surface area contributed by atoms with Crippen LogP contribution < -0.4 is 10.5 Å². The van der Waals surface area contributed by atoms with E-state index >= 15 is 0 Å². The third-order valence-electron chi connectivity index (χ3n) is 2.69. The van der Waals surface area contributed by atoms with Crippen molar-refractivity contribution in [1.29, 1.82) is 0 Å². The maximum atomic E-state index is 12.3. The highest BCUT2D eigenvalue weighted by Gasteiger charge is 2.18. The van der Waals surface area contributed by atoms with Crippen molar-refractivity contribution in [2.75, 3.05) is 4.72 Å². The first-order valence-corrected chi connectivity index (χ1v) is 7.72. The second-order valence-electron chi connectivity index (χ2n) is 4.26. The summed E-state index contributed by atoms with van der Waals surface area (Å²) < 4.78 is 26.9. The summed E-state index contributed by atoms with van der Waals surface area (Å²) in [6.07, 6.45) is 1.45. The quantitative estimate of drug-likeness (QED) is 0.907. The number of nitrogens with one attached hydrogen (secondary N) is 1. The van der Waals surface area contributed by atoms with Gasteiger partial charge in [-0.05, 0) is 36.8 Å². The van der Waals surface area contributed by atoms with Gasteiger partial charge in [-0.15, -0.1) is 0 Å². The average Bonchev–Trinajstić information content (AvgIpc) is 2.40. The normalized spacial score (nSPS) is 11.3. The van der Waals surface area contributed by atoms with Gasteiger partial charge in [-0.2, -0.15) is 0 Å². The highest BCUT2D eigenvalue weighted by Crippen LogP contribution is 2.24. The molecule has 0 bridgehead atoms. The monoisotopic (exact) mass is 311 g/mol. The molecule has 0 unspecified atom stereocenters. The zero-order chi connectivity index (χ0) is 14.8. The largest absolute Gasteiger partial charge is 0.326 e. The van der Waals surface area contributed by atoms with E-state index in [1.54, 1.807) is 24.3 Å². The molecular weight excluding hydrogens is 298 g/mol. The Morgan fingerprint density at radius 1 is 1.30 bits per heavy atom. The van der Waals surface area contributed by atoms with Crippen LogP contribution in [0.5, 0.6) is 0 Å². The Morgan fingerprint density at radius 2 is 2.05 bits per heavy atom. The van der Waals surface area contributed by atoms with Gasteiger partial charge in [0.1, 0.15) is 4.90 Å². The Hall–Kier alpha value is -1.63. The van der Waals surface area contributed by atoms with Gasteiger partial charge in [0.05, 0.1) is 16.9 Å². The van der Waals surface area contributed by atoms with Crippen LogP contribution in [0.1, 0.15) is 11.3 Å². The summed E-state index contributed by atoms with van der Waals surface area (Å²) in [5.74, 6) is 0. The fourth-order valence-electron chi connectivity index (χ4n) is 1.63. The zero-order valence-corrected chi connectivity index (χ0v) is 12.4. The molecule has 1 heterocycles. The number of rotatable bonds is 4. The highest BCUT2D eigenvalue weighted by atomic mass is 35.5. The van der Waals surface area contributed by atoms with Gasteiger partial charge < -0.3 is 5.73 Å². The number of nitrogens with two attached hydrogens (primary N) is 1. The lowest BCUT2D eigenvalue weighted by molar-refractivity contribution is 0.601. The van der Waals surface area contributed by atoms with Crippen molar-refractivity contribution in [3.05, 3.63) is 52.8 Å². The van der Waals surface area contributed by atoms with E-state index in [1.807, 2.05) is 6.92 Å². The molecule has 2 rings (SSSR count). The molecule has 1 aromatic carbocycles. The maximum absolute atomic E-state index is 12.3. The summed E-state index contributed by atoms with van der Waals surface area (Å²) >= 11 is 5.99. The Kier molecular flexibility index (Phi) is 4.27. The zero-order valence-electron chi connectivity index (χ0n) is 10.8. The number of benzene rings is 1. The van der Waals surface area contributed by atoms with Crippen molar-refractivity contribution in [3.8, 4) is 0 Å². The fourth-order valence-corrected chi connectivity index (χ4v) is 3.24. The van der Waals surface area contributed by atoms with Gasteiger partial charge in [-0.3, -0.25) is 9.71 Å². The van der Waals surface area contributed by atoms with Crippen molar-refractivity contribution in [2.24, 2.45) is 5.73 Å². The topological polar surface area (TPSA) is 85.1 Å². The lowest BCUT2D eigenvalue weighted by Crippen LogP contribution is -2.14. The van der Waals surface area contributed by atoms with Crippen LogP contribution in [-0.4, -0.2) is 13.4 Å². The van der Waals surface area contributed by atoms with Gasteiger partial charge in [-0.1, -0.05) is 17.7 Å². The molecular formula is C13H14ClN3O2S. The van der Waals surface area contributed by atoms with Gasteiger partial charge in [0, 0.05) is 12.2 Å². The van der Waals surface area contributed by atoms with Gasteiger partial charge in [-0.25, -0.2) is 8.42 Å². The van der Waals surface area contributed by atoms with Crippen molar-refractivity contribution >= 4 is 27.3 Å². The van der Waals surface area contributed by atoms with Crippen molar-refractivity contribution in [3.63, 3.8) is 0 Å². The number of pyridine rings is 1. The third-order valence-corrected chi connectivity index (χ3v) is 4.55. The molecule has 0 aliphatic carbocycles. The smallest absolute Gasteiger partial charge is 0.263 e. The number of aromatic nitrogens is 1. The first kappa shape index (κ1) is 14.8. The molecule has 20 heavy (non-hydrogen) atoms. The summed E-state index contributed by atoms with van der Waals surface area (Å²) in [5, 5.41) is 0.139. The predicted molar refractivity (Wildman–Crippen MR) is 79.1 cm³/mol. The molecule has 0 saturated heterocycles. The Balaban J connectivity index is 2.33. The van der Waals surface area contributed by atoms with E-state index in [4.69, 9.17) is 17.3 Å². The molecule has 0 saturated carbocycles. The molecule has 0 amide bonds. The number of halogens is 1. The Labute approximate surface area is 122 Å². The predicted octanol–water partition coefficient (Wildman–Crippen LogP) is 2.30. The summed E-state index contributed by atoms with van der Waals surface area (Å²) in [6.45, 7) is 2.12. The molecule has 0 spiro atoms. The SMILES string of the molecule is Cc1ccc(NS(=O)(=O)c2ccc(CN)cc2Cl)cn1. The van der Waals surface area contributed by atoms with Crippen LogP contribution in [0.2, 0.25) is 5.02 Å². The number of nitrogens with zero attached hydrogens (tertiary/aromatic N) is 1. The molecule has 106 valence electrons. The molecule has 0 atom stereocenters. The number of sulfonamides is 1.